The molecular formula is C76H92O15S. The second kappa shape index (κ2) is 38.4. The number of hydrogen-bond donors (Lipinski definition) is 1. The molecule has 16 heteroatoms. The van der Waals surface area contributed by atoms with Gasteiger partial charge < -0.3 is 47.7 Å². The third-order valence-corrected chi connectivity index (χ3v) is 18.1. The summed E-state index contributed by atoms with van der Waals surface area (Å²) < 4.78 is 51.7. The Morgan fingerprint density at radius 2 is 0.880 bits per heavy atom. The molecule has 2 aliphatic carbocycles. The van der Waals surface area contributed by atoms with Gasteiger partial charge in [-0.2, -0.15) is 0 Å². The molecule has 2 aliphatic rings. The van der Waals surface area contributed by atoms with Crippen molar-refractivity contribution in [2.45, 2.75) is 164 Å². The first-order valence-electron chi connectivity index (χ1n) is 33.3. The Labute approximate surface area is 546 Å². The summed E-state index contributed by atoms with van der Waals surface area (Å²) in [5, 5.41) is 13.0. The van der Waals surface area contributed by atoms with Crippen molar-refractivity contribution in [2.24, 2.45) is 23.7 Å². The summed E-state index contributed by atoms with van der Waals surface area (Å²) in [7, 11) is 0. The predicted molar refractivity (Wildman–Crippen MR) is 357 cm³/mol. The number of rotatable bonds is 39. The first-order valence-corrected chi connectivity index (χ1v) is 34.1. The van der Waals surface area contributed by atoms with E-state index in [1.807, 2.05) is 109 Å². The molecule has 2 fully saturated rings. The van der Waals surface area contributed by atoms with E-state index >= 15 is 0 Å². The molecule has 8 rings (SSSR count). The number of hydrogen-bond acceptors (Lipinski definition) is 16. The van der Waals surface area contributed by atoms with E-state index < -0.39 is 12.3 Å². The van der Waals surface area contributed by atoms with Gasteiger partial charge in [0.25, 0.3) is 0 Å². The predicted octanol–water partition coefficient (Wildman–Crippen LogP) is 16.2. The zero-order valence-electron chi connectivity index (χ0n) is 53.5. The Balaban J connectivity index is 0.797. The van der Waals surface area contributed by atoms with Crippen LogP contribution < -0.4 is 23.7 Å². The number of carbonyl (C=O) groups excluding carboxylic acids is 5. The Morgan fingerprint density at radius 1 is 0.457 bits per heavy atom. The summed E-state index contributed by atoms with van der Waals surface area (Å²) >= 11 is 1.59. The van der Waals surface area contributed by atoms with E-state index in [9.17, 15) is 29.1 Å². The minimum Gasteiger partial charge on any atom is -0.494 e. The van der Waals surface area contributed by atoms with Gasteiger partial charge in [-0.1, -0.05) is 93.9 Å². The fraction of sp³-hybridized carbons (Fsp3) is 0.461. The Kier molecular flexibility index (Phi) is 29.3. The van der Waals surface area contributed by atoms with Crippen molar-refractivity contribution in [3.63, 3.8) is 0 Å². The van der Waals surface area contributed by atoms with E-state index in [0.717, 1.165) is 124 Å². The van der Waals surface area contributed by atoms with Gasteiger partial charge in [-0.05, 0) is 220 Å². The van der Waals surface area contributed by atoms with Crippen LogP contribution in [0.4, 0.5) is 0 Å². The molecule has 0 bridgehead atoms. The number of aliphatic hydroxyl groups excluding tert-OH is 1. The summed E-state index contributed by atoms with van der Waals surface area (Å²) in [5.74, 6) is 0.504. The normalized spacial score (nSPS) is 16.6. The average molecular weight is 1280 g/mol. The first-order chi connectivity index (χ1) is 44.9. The second-order valence-corrected chi connectivity index (χ2v) is 25.0. The van der Waals surface area contributed by atoms with Crippen LogP contribution in [0.5, 0.6) is 28.7 Å². The Hall–Kier alpha value is -7.66. The summed E-state index contributed by atoms with van der Waals surface area (Å²) in [5.41, 5.74) is 2.08. The Morgan fingerprint density at radius 3 is 1.36 bits per heavy atom. The Bertz CT molecular complexity index is 3290. The minimum atomic E-state index is -0.908. The van der Waals surface area contributed by atoms with Crippen LogP contribution in [0.3, 0.4) is 0 Å². The van der Waals surface area contributed by atoms with Crippen molar-refractivity contribution in [1.29, 1.82) is 0 Å². The van der Waals surface area contributed by atoms with E-state index in [1.54, 1.807) is 11.8 Å². The molecule has 6 aromatic carbocycles. The summed E-state index contributed by atoms with van der Waals surface area (Å²) in [6, 6.07) is 37.2. The maximum atomic E-state index is 13.8. The number of ether oxygens (including phenoxy) is 9. The largest absolute Gasteiger partial charge is 0.494 e. The van der Waals surface area contributed by atoms with E-state index in [4.69, 9.17) is 42.6 Å². The highest BCUT2D eigenvalue weighted by molar-refractivity contribution is 7.99. The number of esters is 5. The lowest BCUT2D eigenvalue weighted by atomic mass is 9.82. The average Bonchev–Trinajstić information content (AvgIpc) is 0.776. The minimum absolute atomic E-state index is 0.233. The number of carbonyl (C=O) groups is 5. The molecule has 1 atom stereocenters. The standard InChI is InChI=1S/C76H92O15S/c1-4-7-8-13-44-85-63-34-38-66(39-35-63)92-70-52-60-51-64(90-75(81)58-26-22-56(23-27-58)73(79)88-49-42-54-18-30-61(31-19-54)83-45-14-9-11-16-47-86-71(77)5-2)36-40-67(60)68-41-37-65(53-69(68)70)91-76(82)59-28-24-57(25-29-59)74(80)89-50-43-55-20-32-62(33-21-55)84-46-15-10-12-17-48-87-72(78)6-3/h5-6,18-21,30-41,51-53,56-59,72,78H,2-4,7-17,22-29,42-50H2,1H3. The van der Waals surface area contributed by atoms with Crippen molar-refractivity contribution < 1.29 is 71.7 Å². The number of fused-ring (bicyclic) bond motifs is 3. The van der Waals surface area contributed by atoms with Gasteiger partial charge in [-0.3, -0.25) is 19.2 Å². The van der Waals surface area contributed by atoms with Crippen LogP contribution in [0.15, 0.2) is 150 Å². The number of benzene rings is 6. The highest BCUT2D eigenvalue weighted by Crippen LogP contribution is 2.42. The first kappa shape index (κ1) is 70.2. The lowest BCUT2D eigenvalue weighted by molar-refractivity contribution is -0.152. The maximum Gasteiger partial charge on any atom is 0.330 e. The lowest BCUT2D eigenvalue weighted by Gasteiger charge is -2.26. The third-order valence-electron chi connectivity index (χ3n) is 17.0. The molecule has 15 nitrogen and oxygen atoms in total. The quantitative estimate of drug-likeness (QED) is 0.00560. The van der Waals surface area contributed by atoms with Crippen molar-refractivity contribution >= 4 is 63.2 Å². The molecule has 2 saturated carbocycles. The van der Waals surface area contributed by atoms with Crippen LogP contribution >= 0.6 is 11.8 Å². The third kappa shape index (κ3) is 23.2. The zero-order chi connectivity index (χ0) is 64.7. The van der Waals surface area contributed by atoms with Crippen LogP contribution in [-0.2, 0) is 55.8 Å². The molecule has 0 saturated heterocycles. The fourth-order valence-corrected chi connectivity index (χ4v) is 12.5. The highest BCUT2D eigenvalue weighted by Gasteiger charge is 2.34. The maximum absolute atomic E-state index is 13.8. The van der Waals surface area contributed by atoms with Gasteiger partial charge in [0.05, 0.1) is 69.9 Å². The van der Waals surface area contributed by atoms with Crippen LogP contribution in [-0.4, -0.2) is 87.5 Å². The van der Waals surface area contributed by atoms with Gasteiger partial charge in [0.1, 0.15) is 28.7 Å². The van der Waals surface area contributed by atoms with Gasteiger partial charge in [-0.25, -0.2) is 4.79 Å². The van der Waals surface area contributed by atoms with E-state index in [1.165, 1.54) is 25.0 Å². The van der Waals surface area contributed by atoms with E-state index in [2.05, 4.69) is 26.1 Å². The molecule has 0 aliphatic heterocycles. The lowest BCUT2D eigenvalue weighted by Crippen LogP contribution is -2.29. The van der Waals surface area contributed by atoms with Gasteiger partial charge in [0.15, 0.2) is 6.29 Å². The van der Waals surface area contributed by atoms with Crippen molar-refractivity contribution in [3.05, 3.63) is 152 Å². The highest BCUT2D eigenvalue weighted by atomic mass is 32.2. The molecule has 492 valence electrons. The monoisotopic (exact) mass is 1280 g/mol. The summed E-state index contributed by atoms with van der Waals surface area (Å²) in [6.45, 7) is 12.4. The fourth-order valence-electron chi connectivity index (χ4n) is 11.6. The van der Waals surface area contributed by atoms with Crippen molar-refractivity contribution in [1.82, 2.24) is 0 Å². The van der Waals surface area contributed by atoms with Crippen LogP contribution in [0.25, 0.3) is 21.5 Å². The molecular weight excluding hydrogens is 1180 g/mol. The van der Waals surface area contributed by atoms with E-state index in [-0.39, 0.29) is 60.8 Å². The molecule has 0 heterocycles. The van der Waals surface area contributed by atoms with Gasteiger partial charge in [0.2, 0.25) is 0 Å². The smallest absolute Gasteiger partial charge is 0.330 e. The molecule has 1 N–H and O–H groups in total. The SMILES string of the molecule is C=CC(=O)OCCCCCCOc1ccc(CCOC(=O)C2CCC(C(=O)Oc3ccc4c(c3)cc(Sc3ccc(OCCCCCC)cc3)c3cc(OC(=O)C5CCC(C(=O)OCCc6ccc(OCCCCCCOC(O)C=C)cc6)CC5)ccc34)CC2)cc1. The molecule has 0 spiro atoms. The second-order valence-electron chi connectivity index (χ2n) is 23.9. The summed E-state index contributed by atoms with van der Waals surface area (Å²) in [4.78, 5) is 67.0. The molecule has 92 heavy (non-hydrogen) atoms. The van der Waals surface area contributed by atoms with Crippen LogP contribution in [0.1, 0.15) is 146 Å². The van der Waals surface area contributed by atoms with Crippen molar-refractivity contribution in [3.8, 4) is 28.7 Å². The molecule has 1 unspecified atom stereocenters. The van der Waals surface area contributed by atoms with Crippen LogP contribution in [0.2, 0.25) is 0 Å². The number of unbranched alkanes of at least 4 members (excludes halogenated alkanes) is 9. The number of aliphatic hydroxyl groups is 1. The van der Waals surface area contributed by atoms with Crippen LogP contribution in [0, 0.1) is 23.7 Å². The molecule has 0 amide bonds. The van der Waals surface area contributed by atoms with Crippen molar-refractivity contribution in [2.75, 3.05) is 46.2 Å². The molecule has 6 aromatic rings. The summed E-state index contributed by atoms with van der Waals surface area (Å²) in [6.07, 6.45) is 19.0. The zero-order valence-corrected chi connectivity index (χ0v) is 54.3. The topological polar surface area (TPSA) is 189 Å². The van der Waals surface area contributed by atoms with Gasteiger partial charge in [0, 0.05) is 28.7 Å². The van der Waals surface area contributed by atoms with E-state index in [0.29, 0.717) is 109 Å². The van der Waals surface area contributed by atoms with Gasteiger partial charge >= 0.3 is 29.8 Å². The molecule has 0 radical (unpaired) electrons. The van der Waals surface area contributed by atoms with Gasteiger partial charge in [-0.15, -0.1) is 0 Å². The molecule has 0 aromatic heterocycles.